The van der Waals surface area contributed by atoms with Crippen LogP contribution in [0.15, 0.2) is 0 Å². The van der Waals surface area contributed by atoms with Gasteiger partial charge < -0.3 is 15.3 Å². The monoisotopic (exact) mass is 304 g/mol. The van der Waals surface area contributed by atoms with Crippen molar-refractivity contribution in [2.75, 3.05) is 31.1 Å². The molecule has 8 heteroatoms. The van der Waals surface area contributed by atoms with E-state index >= 15 is 0 Å². The fraction of sp³-hybridized carbons (Fsp3) is 0.833. The summed E-state index contributed by atoms with van der Waals surface area (Å²) in [6.45, 7) is 1.12. The van der Waals surface area contributed by atoms with Gasteiger partial charge in [0.15, 0.2) is 9.84 Å². The van der Waals surface area contributed by atoms with E-state index in [0.717, 1.165) is 0 Å². The summed E-state index contributed by atoms with van der Waals surface area (Å²) in [6.07, 6.45) is 1.86. The van der Waals surface area contributed by atoms with Gasteiger partial charge in [0, 0.05) is 19.6 Å². The molecular weight excluding hydrogens is 284 g/mol. The lowest BCUT2D eigenvalue weighted by molar-refractivity contribution is -0.143. The maximum Gasteiger partial charge on any atom is 0.317 e. The van der Waals surface area contributed by atoms with Crippen molar-refractivity contribution in [3.8, 4) is 0 Å². The van der Waals surface area contributed by atoms with Gasteiger partial charge in [-0.2, -0.15) is 0 Å². The highest BCUT2D eigenvalue weighted by Gasteiger charge is 2.30. The van der Waals surface area contributed by atoms with E-state index in [1.54, 1.807) is 0 Å². The van der Waals surface area contributed by atoms with E-state index in [9.17, 15) is 18.0 Å². The third kappa shape index (κ3) is 3.84. The van der Waals surface area contributed by atoms with Gasteiger partial charge in [-0.1, -0.05) is 0 Å². The zero-order valence-electron chi connectivity index (χ0n) is 11.2. The number of hydrogen-bond acceptors (Lipinski definition) is 4. The average Bonchev–Trinajstić information content (AvgIpc) is 2.75. The van der Waals surface area contributed by atoms with Crippen LogP contribution in [0.1, 0.15) is 19.3 Å². The number of carbonyl (C=O) groups is 2. The van der Waals surface area contributed by atoms with Gasteiger partial charge in [0.05, 0.1) is 17.4 Å². The minimum Gasteiger partial charge on any atom is -0.481 e. The summed E-state index contributed by atoms with van der Waals surface area (Å²) in [6, 6.07) is -0.291. The fourth-order valence-corrected chi connectivity index (χ4v) is 4.60. The van der Waals surface area contributed by atoms with Crippen LogP contribution in [0.5, 0.6) is 0 Å². The lowest BCUT2D eigenvalue weighted by atomic mass is 9.99. The summed E-state index contributed by atoms with van der Waals surface area (Å²) >= 11 is 0. The molecule has 0 aromatic rings. The molecule has 0 aromatic heterocycles. The third-order valence-electron chi connectivity index (χ3n) is 3.93. The Bertz CT molecular complexity index is 490. The fourth-order valence-electron chi connectivity index (χ4n) is 2.74. The largest absolute Gasteiger partial charge is 0.481 e. The Balaban J connectivity index is 1.79. The van der Waals surface area contributed by atoms with E-state index in [1.165, 1.54) is 4.90 Å². The smallest absolute Gasteiger partial charge is 0.317 e. The molecule has 2 saturated heterocycles. The molecule has 2 aliphatic rings. The van der Waals surface area contributed by atoms with E-state index in [-0.39, 0.29) is 30.0 Å². The number of rotatable bonds is 3. The number of nitrogens with one attached hydrogen (secondary N) is 1. The Morgan fingerprint density at radius 2 is 2.05 bits per heavy atom. The Morgan fingerprint density at radius 3 is 2.65 bits per heavy atom. The van der Waals surface area contributed by atoms with Crippen LogP contribution in [0.25, 0.3) is 0 Å². The van der Waals surface area contributed by atoms with Gasteiger partial charge in [-0.15, -0.1) is 0 Å². The lowest BCUT2D eigenvalue weighted by Crippen LogP contribution is -2.48. The van der Waals surface area contributed by atoms with Gasteiger partial charge in [0.25, 0.3) is 0 Å². The predicted octanol–water partition coefficient (Wildman–Crippen LogP) is -0.0727. The molecule has 0 aromatic carbocycles. The first kappa shape index (κ1) is 15.1. The Labute approximate surface area is 118 Å². The van der Waals surface area contributed by atoms with E-state index < -0.39 is 21.7 Å². The van der Waals surface area contributed by atoms with Gasteiger partial charge in [-0.05, 0) is 25.2 Å². The van der Waals surface area contributed by atoms with Crippen molar-refractivity contribution in [1.82, 2.24) is 10.2 Å². The van der Waals surface area contributed by atoms with Crippen LogP contribution in [-0.2, 0) is 14.6 Å². The van der Waals surface area contributed by atoms with Crippen molar-refractivity contribution in [3.05, 3.63) is 0 Å². The number of likely N-dealkylation sites (tertiary alicyclic amines) is 1. The van der Waals surface area contributed by atoms with Crippen molar-refractivity contribution >= 4 is 21.8 Å². The summed E-state index contributed by atoms with van der Waals surface area (Å²) in [5.74, 6) is -1.07. The van der Waals surface area contributed by atoms with Crippen LogP contribution < -0.4 is 5.32 Å². The van der Waals surface area contributed by atoms with Crippen LogP contribution in [0.4, 0.5) is 4.79 Å². The quantitative estimate of drug-likeness (QED) is 0.759. The molecule has 7 nitrogen and oxygen atoms in total. The molecule has 2 N–H and O–H groups in total. The Hall–Kier alpha value is -1.31. The first-order valence-corrected chi connectivity index (χ1v) is 8.65. The van der Waals surface area contributed by atoms with Gasteiger partial charge in [0.1, 0.15) is 0 Å². The average molecular weight is 304 g/mol. The highest BCUT2D eigenvalue weighted by Crippen LogP contribution is 2.19. The summed E-state index contributed by atoms with van der Waals surface area (Å²) < 4.78 is 22.6. The first-order chi connectivity index (χ1) is 9.37. The zero-order valence-corrected chi connectivity index (χ0v) is 12.1. The van der Waals surface area contributed by atoms with Gasteiger partial charge in [-0.25, -0.2) is 13.2 Å². The lowest BCUT2D eigenvalue weighted by Gasteiger charge is -2.31. The number of carboxylic acids is 1. The second-order valence-corrected chi connectivity index (χ2v) is 7.81. The minimum absolute atomic E-state index is 0.0241. The number of aliphatic carboxylic acids is 1. The molecule has 0 bridgehead atoms. The van der Waals surface area contributed by atoms with Crippen molar-refractivity contribution in [1.29, 1.82) is 0 Å². The van der Waals surface area contributed by atoms with E-state index in [1.807, 2.05) is 0 Å². The highest BCUT2D eigenvalue weighted by molar-refractivity contribution is 7.91. The zero-order chi connectivity index (χ0) is 14.8. The molecular formula is C12H20N2O5S. The molecule has 0 aliphatic carbocycles. The maximum absolute atomic E-state index is 12.0. The number of piperidine rings is 1. The number of amides is 2. The summed E-state index contributed by atoms with van der Waals surface area (Å²) in [4.78, 5) is 24.4. The first-order valence-electron chi connectivity index (χ1n) is 6.83. The molecule has 0 spiro atoms. The van der Waals surface area contributed by atoms with Crippen LogP contribution in [-0.4, -0.2) is 61.6 Å². The number of hydrogen-bond donors (Lipinski definition) is 2. The molecule has 2 heterocycles. The standard InChI is InChI=1S/C12H20N2O5S/c15-11(16)10-2-1-4-14(7-10)12(17)13-6-9-3-5-20(18,19)8-9/h9-10H,1-8H2,(H,13,17)(H,15,16)/t9?,10-/m1/s1. The second-order valence-electron chi connectivity index (χ2n) is 5.58. The summed E-state index contributed by atoms with van der Waals surface area (Å²) in [5, 5.41) is 11.7. The van der Waals surface area contributed by atoms with Gasteiger partial charge in [-0.3, -0.25) is 4.79 Å². The highest BCUT2D eigenvalue weighted by atomic mass is 32.2. The molecule has 0 radical (unpaired) electrons. The van der Waals surface area contributed by atoms with Crippen molar-refractivity contribution in [2.24, 2.45) is 11.8 Å². The van der Waals surface area contributed by atoms with Crippen molar-refractivity contribution < 1.29 is 23.1 Å². The molecule has 2 atom stereocenters. The molecule has 2 amide bonds. The van der Waals surface area contributed by atoms with Crippen LogP contribution >= 0.6 is 0 Å². The summed E-state index contributed by atoms with van der Waals surface area (Å²) in [7, 11) is -2.93. The molecule has 0 saturated carbocycles. The molecule has 2 rings (SSSR count). The number of urea groups is 1. The molecule has 114 valence electrons. The number of sulfone groups is 1. The van der Waals surface area contributed by atoms with E-state index in [2.05, 4.69) is 5.32 Å². The third-order valence-corrected chi connectivity index (χ3v) is 5.76. The Kier molecular flexibility index (Phi) is 4.52. The number of carboxylic acid groups (broad SMARTS) is 1. The van der Waals surface area contributed by atoms with Gasteiger partial charge >= 0.3 is 12.0 Å². The number of nitrogens with zero attached hydrogens (tertiary/aromatic N) is 1. The molecule has 1 unspecified atom stereocenters. The van der Waals surface area contributed by atoms with Crippen LogP contribution in [0.3, 0.4) is 0 Å². The maximum atomic E-state index is 12.0. The molecule has 20 heavy (non-hydrogen) atoms. The van der Waals surface area contributed by atoms with Crippen molar-refractivity contribution in [3.63, 3.8) is 0 Å². The molecule has 2 fully saturated rings. The SMILES string of the molecule is O=C(O)[C@@H]1CCCN(C(=O)NCC2CCS(=O)(=O)C2)C1. The molecule has 2 aliphatic heterocycles. The van der Waals surface area contributed by atoms with Crippen molar-refractivity contribution in [2.45, 2.75) is 19.3 Å². The minimum atomic E-state index is -2.93. The van der Waals surface area contributed by atoms with Crippen LogP contribution in [0, 0.1) is 11.8 Å². The van der Waals surface area contributed by atoms with Gasteiger partial charge in [0.2, 0.25) is 0 Å². The van der Waals surface area contributed by atoms with E-state index in [4.69, 9.17) is 5.11 Å². The predicted molar refractivity (Wildman–Crippen MR) is 72.1 cm³/mol. The topological polar surface area (TPSA) is 104 Å². The summed E-state index contributed by atoms with van der Waals surface area (Å²) in [5.41, 5.74) is 0. The Morgan fingerprint density at radius 1 is 1.30 bits per heavy atom. The van der Waals surface area contributed by atoms with E-state index in [0.29, 0.717) is 32.4 Å². The van der Waals surface area contributed by atoms with Crippen LogP contribution in [0.2, 0.25) is 0 Å². The second kappa shape index (κ2) is 5.99. The normalized spacial score (nSPS) is 29.1. The number of carbonyl (C=O) groups excluding carboxylic acids is 1.